The van der Waals surface area contributed by atoms with Crippen LogP contribution >= 0.6 is 0 Å². The predicted octanol–water partition coefficient (Wildman–Crippen LogP) is -0.706. The molecule has 0 amide bonds. The normalized spacial score (nSPS) is 10.9. The number of hydrogen-bond donors (Lipinski definition) is 2. The molecule has 1 heterocycles. The first-order valence-electron chi connectivity index (χ1n) is 4.63. The first-order valence-corrected chi connectivity index (χ1v) is 4.63. The summed E-state index contributed by atoms with van der Waals surface area (Å²) in [5.41, 5.74) is 1.37. The summed E-state index contributed by atoms with van der Waals surface area (Å²) < 4.78 is 6.40. The zero-order chi connectivity index (χ0) is 11.0. The lowest BCUT2D eigenvalue weighted by Crippen LogP contribution is -2.29. The van der Waals surface area contributed by atoms with Crippen LogP contribution in [0.2, 0.25) is 0 Å². The number of aromatic nitrogens is 1. The number of aryl methyl sites for hydroxylation is 1. The molecule has 0 aliphatic carbocycles. The van der Waals surface area contributed by atoms with Gasteiger partial charge in [-0.15, -0.1) is 0 Å². The average molecular weight is 207 g/mol. The summed E-state index contributed by atoms with van der Waals surface area (Å²) in [6.45, 7) is 2.30. The van der Waals surface area contributed by atoms with Gasteiger partial charge in [0.25, 0.3) is 0 Å². The molecule has 0 saturated heterocycles. The van der Waals surface area contributed by atoms with Crippen LogP contribution in [-0.2, 0) is 6.54 Å². The fourth-order valence-electron chi connectivity index (χ4n) is 1.54. The van der Waals surface area contributed by atoms with E-state index >= 15 is 0 Å². The molecule has 2 rings (SSSR count). The van der Waals surface area contributed by atoms with Crippen molar-refractivity contribution in [1.29, 1.82) is 0 Å². The number of benzene rings is 1. The SMILES string of the molecule is CCn1c(=O)oc2ccc(B(O)O)cc21. The molecule has 0 atom stereocenters. The van der Waals surface area contributed by atoms with Gasteiger partial charge in [-0.05, 0) is 24.5 Å². The number of nitrogens with zero attached hydrogens (tertiary/aromatic N) is 1. The van der Waals surface area contributed by atoms with Gasteiger partial charge in [0.15, 0.2) is 5.58 Å². The summed E-state index contributed by atoms with van der Waals surface area (Å²) in [4.78, 5) is 11.3. The summed E-state index contributed by atoms with van der Waals surface area (Å²) in [6.07, 6.45) is 0. The topological polar surface area (TPSA) is 75.6 Å². The Labute approximate surface area is 85.7 Å². The molecular formula is C9H10BNO4. The van der Waals surface area contributed by atoms with E-state index < -0.39 is 12.9 Å². The predicted molar refractivity (Wildman–Crippen MR) is 56.0 cm³/mol. The standard InChI is InChI=1S/C9H10BNO4/c1-2-11-7-5-6(10(13)14)3-4-8(7)15-9(11)12/h3-5,13-14H,2H2,1H3. The molecule has 0 bridgehead atoms. The molecule has 2 aromatic rings. The smallest absolute Gasteiger partial charge is 0.423 e. The maximum atomic E-state index is 11.3. The highest BCUT2D eigenvalue weighted by atomic mass is 16.4. The van der Waals surface area contributed by atoms with Crippen LogP contribution in [-0.4, -0.2) is 21.7 Å². The second-order valence-corrected chi connectivity index (χ2v) is 3.21. The molecule has 78 valence electrons. The van der Waals surface area contributed by atoms with Crippen molar-refractivity contribution in [3.8, 4) is 0 Å². The van der Waals surface area contributed by atoms with Crippen molar-refractivity contribution in [2.75, 3.05) is 0 Å². The van der Waals surface area contributed by atoms with Gasteiger partial charge in [0, 0.05) is 6.54 Å². The number of rotatable bonds is 2. The summed E-state index contributed by atoms with van der Waals surface area (Å²) in [6, 6.07) is 4.60. The Hall–Kier alpha value is -1.53. The minimum absolute atomic E-state index is 0.338. The Morgan fingerprint density at radius 3 is 2.80 bits per heavy atom. The minimum atomic E-state index is -1.54. The first kappa shape index (κ1) is 10.0. The summed E-state index contributed by atoms with van der Waals surface area (Å²) in [7, 11) is -1.54. The van der Waals surface area contributed by atoms with E-state index in [9.17, 15) is 4.79 Å². The maximum absolute atomic E-state index is 11.3. The Morgan fingerprint density at radius 1 is 1.47 bits per heavy atom. The largest absolute Gasteiger partial charge is 0.488 e. The van der Waals surface area contributed by atoms with E-state index in [1.54, 1.807) is 6.07 Å². The van der Waals surface area contributed by atoms with Gasteiger partial charge in [0.2, 0.25) is 0 Å². The fourth-order valence-corrected chi connectivity index (χ4v) is 1.54. The van der Waals surface area contributed by atoms with Crippen molar-refractivity contribution < 1.29 is 14.5 Å². The molecule has 0 fully saturated rings. The maximum Gasteiger partial charge on any atom is 0.488 e. The molecule has 15 heavy (non-hydrogen) atoms. The van der Waals surface area contributed by atoms with Crippen LogP contribution in [0.3, 0.4) is 0 Å². The summed E-state index contributed by atoms with van der Waals surface area (Å²) in [5.74, 6) is -0.433. The molecule has 0 radical (unpaired) electrons. The Balaban J connectivity index is 2.73. The van der Waals surface area contributed by atoms with E-state index in [1.807, 2.05) is 6.92 Å². The molecular weight excluding hydrogens is 197 g/mol. The number of fused-ring (bicyclic) bond motifs is 1. The van der Waals surface area contributed by atoms with Gasteiger partial charge in [-0.2, -0.15) is 0 Å². The molecule has 1 aromatic carbocycles. The van der Waals surface area contributed by atoms with Crippen LogP contribution in [0.25, 0.3) is 11.1 Å². The van der Waals surface area contributed by atoms with Crippen molar-refractivity contribution in [1.82, 2.24) is 4.57 Å². The second kappa shape index (κ2) is 3.56. The van der Waals surface area contributed by atoms with Gasteiger partial charge < -0.3 is 14.5 Å². The lowest BCUT2D eigenvalue weighted by atomic mass is 9.80. The van der Waals surface area contributed by atoms with Crippen molar-refractivity contribution in [3.63, 3.8) is 0 Å². The molecule has 0 unspecified atom stereocenters. The third kappa shape index (κ3) is 1.58. The fraction of sp³-hybridized carbons (Fsp3) is 0.222. The van der Waals surface area contributed by atoms with Gasteiger partial charge >= 0.3 is 12.9 Å². The first-order chi connectivity index (χ1) is 7.13. The van der Waals surface area contributed by atoms with E-state index in [0.717, 1.165) is 0 Å². The van der Waals surface area contributed by atoms with Crippen molar-refractivity contribution >= 4 is 23.7 Å². The van der Waals surface area contributed by atoms with Crippen LogP contribution in [0.5, 0.6) is 0 Å². The van der Waals surface area contributed by atoms with E-state index in [4.69, 9.17) is 14.5 Å². The third-order valence-electron chi connectivity index (χ3n) is 2.31. The van der Waals surface area contributed by atoms with Crippen molar-refractivity contribution in [2.45, 2.75) is 13.5 Å². The van der Waals surface area contributed by atoms with Crippen molar-refractivity contribution in [3.05, 3.63) is 28.7 Å². The Morgan fingerprint density at radius 2 is 2.20 bits per heavy atom. The highest BCUT2D eigenvalue weighted by Gasteiger charge is 2.14. The highest BCUT2D eigenvalue weighted by molar-refractivity contribution is 6.58. The zero-order valence-electron chi connectivity index (χ0n) is 8.17. The van der Waals surface area contributed by atoms with Crippen LogP contribution in [0.15, 0.2) is 27.4 Å². The monoisotopic (exact) mass is 207 g/mol. The van der Waals surface area contributed by atoms with Crippen LogP contribution in [0.4, 0.5) is 0 Å². The lowest BCUT2D eigenvalue weighted by molar-refractivity contribution is 0.426. The van der Waals surface area contributed by atoms with E-state index in [-0.39, 0.29) is 0 Å². The molecule has 2 N–H and O–H groups in total. The van der Waals surface area contributed by atoms with E-state index in [2.05, 4.69) is 0 Å². The van der Waals surface area contributed by atoms with Gasteiger partial charge in [0.1, 0.15) is 0 Å². The van der Waals surface area contributed by atoms with Gasteiger partial charge in [0.05, 0.1) is 5.52 Å². The second-order valence-electron chi connectivity index (χ2n) is 3.21. The van der Waals surface area contributed by atoms with Gasteiger partial charge in [-0.3, -0.25) is 4.57 Å². The van der Waals surface area contributed by atoms with Crippen LogP contribution < -0.4 is 11.2 Å². The average Bonchev–Trinajstić information content (AvgIpc) is 2.51. The van der Waals surface area contributed by atoms with Crippen molar-refractivity contribution in [2.24, 2.45) is 0 Å². The van der Waals surface area contributed by atoms with Crippen LogP contribution in [0.1, 0.15) is 6.92 Å². The van der Waals surface area contributed by atoms with Gasteiger partial charge in [-0.25, -0.2) is 4.79 Å². The Kier molecular flexibility index (Phi) is 2.38. The Bertz CT molecular complexity index is 543. The molecule has 1 aromatic heterocycles. The molecule has 0 aliphatic heterocycles. The quantitative estimate of drug-likeness (QED) is 0.638. The molecule has 6 heteroatoms. The molecule has 0 spiro atoms. The highest BCUT2D eigenvalue weighted by Crippen LogP contribution is 2.10. The summed E-state index contributed by atoms with van der Waals surface area (Å²) >= 11 is 0. The number of oxazole rings is 1. The third-order valence-corrected chi connectivity index (χ3v) is 2.31. The van der Waals surface area contributed by atoms with Crippen LogP contribution in [0, 0.1) is 0 Å². The number of hydrogen-bond acceptors (Lipinski definition) is 4. The molecule has 5 nitrogen and oxygen atoms in total. The summed E-state index contributed by atoms with van der Waals surface area (Å²) in [5, 5.41) is 18.0. The molecule has 0 aliphatic rings. The van der Waals surface area contributed by atoms with E-state index in [1.165, 1.54) is 16.7 Å². The van der Waals surface area contributed by atoms with E-state index in [0.29, 0.717) is 23.1 Å². The minimum Gasteiger partial charge on any atom is -0.423 e. The van der Waals surface area contributed by atoms with Gasteiger partial charge in [-0.1, -0.05) is 6.07 Å². The zero-order valence-corrected chi connectivity index (χ0v) is 8.17. The lowest BCUT2D eigenvalue weighted by Gasteiger charge is -2.00. The molecule has 0 saturated carbocycles.